The summed E-state index contributed by atoms with van der Waals surface area (Å²) in [6.07, 6.45) is 5.49. The van der Waals surface area contributed by atoms with E-state index in [0.29, 0.717) is 12.8 Å². The molecule has 3 aliphatic rings. The largest absolute Gasteiger partial charge is 0.481 e. The molecular weight excluding hydrogens is 644 g/mol. The summed E-state index contributed by atoms with van der Waals surface area (Å²) in [6, 6.07) is 26.0. The van der Waals surface area contributed by atoms with Crippen LogP contribution in [0.2, 0.25) is 0 Å². The molecule has 0 bridgehead atoms. The van der Waals surface area contributed by atoms with Crippen LogP contribution in [0.1, 0.15) is 74.4 Å². The number of carboxylic acids is 1. The topological polar surface area (TPSA) is 158 Å². The maximum Gasteiger partial charge on any atom is 0.417 e. The van der Waals surface area contributed by atoms with Gasteiger partial charge in [-0.3, -0.25) is 9.59 Å². The molecule has 3 saturated heterocycles. The Hall–Kier alpha value is -5.36. The number of carbonyl (C=O) groups is 4. The molecule has 4 atom stereocenters. The monoisotopic (exact) mass is 688 g/mol. The van der Waals surface area contributed by atoms with E-state index < -0.39 is 18.2 Å². The normalized spacial score (nSPS) is 20.5. The molecule has 4 aromatic rings. The Morgan fingerprint density at radius 1 is 0.740 bits per heavy atom. The number of imide groups is 1. The Morgan fingerprint density at radius 2 is 1.28 bits per heavy atom. The van der Waals surface area contributed by atoms with Gasteiger partial charge in [0.05, 0.1) is 31.0 Å². The first-order valence-corrected chi connectivity index (χ1v) is 16.7. The summed E-state index contributed by atoms with van der Waals surface area (Å²) < 4.78 is 25.6. The fraction of sp³-hybridized carbons (Fsp3) is 0.368. The zero-order valence-electron chi connectivity index (χ0n) is 28.3. The third-order valence-corrected chi connectivity index (χ3v) is 7.99. The average Bonchev–Trinajstić information content (AvgIpc) is 3.98. The van der Waals surface area contributed by atoms with Crippen molar-refractivity contribution in [1.29, 1.82) is 0 Å². The van der Waals surface area contributed by atoms with Gasteiger partial charge < -0.3 is 33.5 Å². The number of benzene rings is 2. The molecule has 0 radical (unpaired) electrons. The lowest BCUT2D eigenvalue weighted by Crippen LogP contribution is -2.37. The van der Waals surface area contributed by atoms with Gasteiger partial charge in [0.1, 0.15) is 23.7 Å². The number of rotatable bonds is 8. The molecule has 3 amide bonds. The molecule has 0 aliphatic carbocycles. The molecule has 0 spiro atoms. The number of alkyl carbamates (subject to hydrolysis) is 1. The Bertz CT molecular complexity index is 1580. The first-order chi connectivity index (χ1) is 24.2. The SMILES string of the molecule is C1CCOC1.C[C@@H]1[C@H](c2ccccc2)OC(=O)N1C(=O)CCc1ccco1.C[C@H]1NC(=O)O[C@H]1c1ccccc1.O=C(O)CCc1ccco1. The highest BCUT2D eigenvalue weighted by molar-refractivity contribution is 5.93. The number of furan rings is 2. The van der Waals surface area contributed by atoms with Gasteiger partial charge >= 0.3 is 18.2 Å². The van der Waals surface area contributed by atoms with E-state index in [1.54, 1.807) is 24.5 Å². The molecule has 3 fully saturated rings. The summed E-state index contributed by atoms with van der Waals surface area (Å²) >= 11 is 0. The highest BCUT2D eigenvalue weighted by Crippen LogP contribution is 2.32. The van der Waals surface area contributed by atoms with E-state index in [0.717, 1.165) is 35.9 Å². The predicted octanol–water partition coefficient (Wildman–Crippen LogP) is 7.27. The maximum absolute atomic E-state index is 12.3. The molecule has 266 valence electrons. The van der Waals surface area contributed by atoms with Crippen molar-refractivity contribution in [2.45, 2.75) is 76.7 Å². The van der Waals surface area contributed by atoms with Crippen molar-refractivity contribution >= 4 is 24.1 Å². The number of carbonyl (C=O) groups excluding carboxylic acids is 3. The summed E-state index contributed by atoms with van der Waals surface area (Å²) in [5.74, 6) is 0.416. The van der Waals surface area contributed by atoms with Crippen molar-refractivity contribution in [1.82, 2.24) is 10.2 Å². The number of nitrogens with one attached hydrogen (secondary N) is 1. The molecular formula is C38H44N2O10. The van der Waals surface area contributed by atoms with Gasteiger partial charge in [-0.15, -0.1) is 0 Å². The molecule has 3 aliphatic heterocycles. The quantitative estimate of drug-likeness (QED) is 0.193. The van der Waals surface area contributed by atoms with Crippen molar-refractivity contribution in [3.8, 4) is 0 Å². The van der Waals surface area contributed by atoms with Crippen molar-refractivity contribution in [2.75, 3.05) is 13.2 Å². The first-order valence-electron chi connectivity index (χ1n) is 16.7. The maximum atomic E-state index is 12.3. The van der Waals surface area contributed by atoms with Crippen LogP contribution in [0.25, 0.3) is 0 Å². The van der Waals surface area contributed by atoms with Crippen molar-refractivity contribution in [3.05, 3.63) is 120 Å². The van der Waals surface area contributed by atoms with Gasteiger partial charge in [0, 0.05) is 32.5 Å². The molecule has 50 heavy (non-hydrogen) atoms. The zero-order valence-corrected chi connectivity index (χ0v) is 28.3. The number of aliphatic carboxylic acids is 1. The fourth-order valence-electron chi connectivity index (χ4n) is 5.40. The number of nitrogens with zero attached hydrogens (tertiary/aromatic N) is 1. The van der Waals surface area contributed by atoms with Crippen LogP contribution in [-0.4, -0.2) is 59.4 Å². The number of aryl methyl sites for hydroxylation is 2. The van der Waals surface area contributed by atoms with Gasteiger partial charge in [-0.2, -0.15) is 0 Å². The third-order valence-electron chi connectivity index (χ3n) is 7.99. The molecule has 2 N–H and O–H groups in total. The van der Waals surface area contributed by atoms with E-state index in [2.05, 4.69) is 5.32 Å². The van der Waals surface area contributed by atoms with E-state index in [4.69, 9.17) is 28.2 Å². The summed E-state index contributed by atoms with van der Waals surface area (Å²) in [5, 5.41) is 11.0. The van der Waals surface area contributed by atoms with E-state index in [9.17, 15) is 19.2 Å². The molecule has 0 saturated carbocycles. The van der Waals surface area contributed by atoms with E-state index in [-0.39, 0.29) is 43.0 Å². The van der Waals surface area contributed by atoms with Crippen LogP contribution in [0.3, 0.4) is 0 Å². The number of hydrogen-bond donors (Lipinski definition) is 2. The number of hydrogen-bond acceptors (Lipinski definition) is 9. The van der Waals surface area contributed by atoms with E-state index >= 15 is 0 Å². The van der Waals surface area contributed by atoms with Crippen molar-refractivity contribution < 1.29 is 47.3 Å². The molecule has 7 rings (SSSR count). The lowest BCUT2D eigenvalue weighted by molar-refractivity contribution is -0.137. The Morgan fingerprint density at radius 3 is 1.72 bits per heavy atom. The van der Waals surface area contributed by atoms with Gasteiger partial charge in [-0.25, -0.2) is 14.5 Å². The van der Waals surface area contributed by atoms with Gasteiger partial charge in [0.2, 0.25) is 5.91 Å². The molecule has 5 heterocycles. The second-order valence-electron chi connectivity index (χ2n) is 11.8. The van der Waals surface area contributed by atoms with Crippen LogP contribution in [0.5, 0.6) is 0 Å². The number of ether oxygens (including phenoxy) is 3. The number of carboxylic acid groups (broad SMARTS) is 1. The van der Waals surface area contributed by atoms with Crippen molar-refractivity contribution in [3.63, 3.8) is 0 Å². The van der Waals surface area contributed by atoms with Gasteiger partial charge in [0.25, 0.3) is 0 Å². The standard InChI is InChI=1S/C17H17NO4.C10H11NO2.C7H8O3.C4H8O/c1-12-16(13-6-3-2-4-7-13)22-17(20)18(12)15(19)10-9-14-8-5-11-21-14;1-7-9(13-10(12)11-7)8-5-3-2-4-6-8;8-7(9)4-3-6-2-1-5-10-6;1-2-4-5-3-1/h2-8,11-12,16H,9-10H2,1H3;2-7,9H,1H3,(H,11,12);1-2,5H,3-4H2,(H,8,9);1-4H2/t12-,16-;7-,9-;;/m11../s1. The Balaban J connectivity index is 0.000000169. The predicted molar refractivity (Wildman–Crippen MR) is 182 cm³/mol. The Kier molecular flexibility index (Phi) is 14.7. The lowest BCUT2D eigenvalue weighted by Gasteiger charge is -2.19. The highest BCUT2D eigenvalue weighted by Gasteiger charge is 2.43. The van der Waals surface area contributed by atoms with E-state index in [1.165, 1.54) is 24.0 Å². The highest BCUT2D eigenvalue weighted by atomic mass is 16.6. The second kappa shape index (κ2) is 19.6. The fourth-order valence-corrected chi connectivity index (χ4v) is 5.40. The van der Waals surface area contributed by atoms with Gasteiger partial charge in [-0.1, -0.05) is 60.7 Å². The minimum absolute atomic E-state index is 0.0508. The van der Waals surface area contributed by atoms with Crippen LogP contribution in [-0.2, 0) is 36.6 Å². The van der Waals surface area contributed by atoms with Crippen LogP contribution in [0.15, 0.2) is 106 Å². The van der Waals surface area contributed by atoms with Crippen molar-refractivity contribution in [2.24, 2.45) is 0 Å². The van der Waals surface area contributed by atoms with Crippen LogP contribution in [0.4, 0.5) is 9.59 Å². The Labute approximate surface area is 291 Å². The smallest absolute Gasteiger partial charge is 0.417 e. The van der Waals surface area contributed by atoms with Gasteiger partial charge in [-0.05, 0) is 62.1 Å². The van der Waals surface area contributed by atoms with Gasteiger partial charge in [0.15, 0.2) is 0 Å². The van der Waals surface area contributed by atoms with Crippen LogP contribution < -0.4 is 5.32 Å². The summed E-state index contributed by atoms with van der Waals surface area (Å²) in [5.41, 5.74) is 1.93. The lowest BCUT2D eigenvalue weighted by atomic mass is 10.0. The average molecular weight is 689 g/mol. The molecule has 12 heteroatoms. The van der Waals surface area contributed by atoms with E-state index in [1.807, 2.05) is 80.6 Å². The minimum atomic E-state index is -0.795. The van der Waals surface area contributed by atoms with Crippen LogP contribution in [0, 0.1) is 0 Å². The summed E-state index contributed by atoms with van der Waals surface area (Å²) in [6.45, 7) is 5.76. The minimum Gasteiger partial charge on any atom is -0.481 e. The zero-order chi connectivity index (χ0) is 35.7. The summed E-state index contributed by atoms with van der Waals surface area (Å²) in [4.78, 5) is 46.5. The molecule has 2 aromatic carbocycles. The molecule has 0 unspecified atom stereocenters. The number of amides is 3. The first kappa shape index (κ1) is 37.5. The second-order valence-corrected chi connectivity index (χ2v) is 11.8. The summed E-state index contributed by atoms with van der Waals surface area (Å²) in [7, 11) is 0. The van der Waals surface area contributed by atoms with Crippen LogP contribution >= 0.6 is 0 Å². The molecule has 12 nitrogen and oxygen atoms in total. The third kappa shape index (κ3) is 11.7. The molecule has 2 aromatic heterocycles. The number of cyclic esters (lactones) is 2.